The Morgan fingerprint density at radius 2 is 2.00 bits per heavy atom. The van der Waals surface area contributed by atoms with Gasteiger partial charge in [-0.2, -0.15) is 5.26 Å². The van der Waals surface area contributed by atoms with Crippen LogP contribution in [0.3, 0.4) is 0 Å². The third-order valence-electron chi connectivity index (χ3n) is 3.94. The summed E-state index contributed by atoms with van der Waals surface area (Å²) < 4.78 is 6.39. The molecule has 0 radical (unpaired) electrons. The highest BCUT2D eigenvalue weighted by atomic mass is 79.9. The van der Waals surface area contributed by atoms with Gasteiger partial charge in [0, 0.05) is 28.8 Å². The molecule has 1 N–H and O–H groups in total. The lowest BCUT2D eigenvalue weighted by molar-refractivity contribution is -0.116. The predicted molar refractivity (Wildman–Crippen MR) is 80.7 cm³/mol. The minimum absolute atomic E-state index is 0.0388. The number of benzene rings is 1. The molecular weight excluding hydrogens is 332 g/mol. The minimum atomic E-state index is -0.744. The van der Waals surface area contributed by atoms with E-state index in [9.17, 15) is 10.1 Å². The topological polar surface area (TPSA) is 73.9 Å². The van der Waals surface area contributed by atoms with Crippen LogP contribution < -0.4 is 0 Å². The highest BCUT2D eigenvalue weighted by Gasteiger charge is 2.42. The van der Waals surface area contributed by atoms with E-state index >= 15 is 0 Å². The smallest absolute Gasteiger partial charge is 0.205 e. The zero-order chi connectivity index (χ0) is 15.0. The van der Waals surface area contributed by atoms with Crippen LogP contribution in [0.25, 0.3) is 0 Å². The summed E-state index contributed by atoms with van der Waals surface area (Å²) in [5.74, 6) is -0.578. The summed E-state index contributed by atoms with van der Waals surface area (Å²) >= 11 is 3.38. The van der Waals surface area contributed by atoms with Crippen molar-refractivity contribution in [1.82, 2.24) is 0 Å². The Hall–Kier alpha value is -1.93. The van der Waals surface area contributed by atoms with Crippen LogP contribution in [0.4, 0.5) is 0 Å². The monoisotopic (exact) mass is 344 g/mol. The van der Waals surface area contributed by atoms with Crippen molar-refractivity contribution >= 4 is 27.6 Å². The molecular formula is C16H13BrN2O2. The minimum Gasteiger partial charge on any atom is -0.446 e. The summed E-state index contributed by atoms with van der Waals surface area (Å²) in [6.45, 7) is 0. The molecule has 106 valence electrons. The molecule has 0 saturated carbocycles. The molecule has 5 heteroatoms. The standard InChI is InChI=1S/C16H13BrN2O2/c17-10-6-4-9(5-7-10)14-11(8-18)16(19)21-13-3-1-2-12(20)15(13)14/h4-7,11,14,19H,1-3H2. The first-order valence-electron chi connectivity index (χ1n) is 6.79. The van der Waals surface area contributed by atoms with Crippen LogP contribution in [-0.2, 0) is 9.53 Å². The lowest BCUT2D eigenvalue weighted by Gasteiger charge is -2.34. The molecule has 2 aliphatic rings. The van der Waals surface area contributed by atoms with Crippen molar-refractivity contribution in [3.63, 3.8) is 0 Å². The van der Waals surface area contributed by atoms with Crippen molar-refractivity contribution in [2.75, 3.05) is 0 Å². The molecule has 1 aliphatic heterocycles. The van der Waals surface area contributed by atoms with Gasteiger partial charge < -0.3 is 4.74 Å². The fourth-order valence-electron chi connectivity index (χ4n) is 2.96. The van der Waals surface area contributed by atoms with Gasteiger partial charge in [-0.3, -0.25) is 10.2 Å². The Bertz CT molecular complexity index is 685. The van der Waals surface area contributed by atoms with Crippen molar-refractivity contribution < 1.29 is 9.53 Å². The van der Waals surface area contributed by atoms with E-state index in [0.717, 1.165) is 16.5 Å². The number of ether oxygens (including phenoxy) is 1. The molecule has 2 atom stereocenters. The fraction of sp³-hybridized carbons (Fsp3) is 0.312. The second-order valence-electron chi connectivity index (χ2n) is 5.22. The predicted octanol–water partition coefficient (Wildman–Crippen LogP) is 3.69. The summed E-state index contributed by atoms with van der Waals surface area (Å²) in [6, 6.07) is 9.68. The summed E-state index contributed by atoms with van der Waals surface area (Å²) in [6.07, 6.45) is 1.89. The Morgan fingerprint density at radius 3 is 2.67 bits per heavy atom. The molecule has 1 aliphatic carbocycles. The van der Waals surface area contributed by atoms with E-state index in [4.69, 9.17) is 10.1 Å². The number of ketones is 1. The molecule has 2 unspecified atom stereocenters. The lowest BCUT2D eigenvalue weighted by atomic mass is 9.74. The maximum absolute atomic E-state index is 12.3. The van der Waals surface area contributed by atoms with Crippen LogP contribution in [-0.4, -0.2) is 11.7 Å². The summed E-state index contributed by atoms with van der Waals surface area (Å²) in [5.41, 5.74) is 1.46. The van der Waals surface area contributed by atoms with Gasteiger partial charge in [0.2, 0.25) is 5.90 Å². The average Bonchev–Trinajstić information content (AvgIpc) is 2.47. The molecule has 0 amide bonds. The van der Waals surface area contributed by atoms with Crippen molar-refractivity contribution in [3.8, 4) is 6.07 Å². The van der Waals surface area contributed by atoms with Crippen LogP contribution in [0.15, 0.2) is 40.1 Å². The normalized spacial score (nSPS) is 25.1. The van der Waals surface area contributed by atoms with E-state index in [1.54, 1.807) is 0 Å². The van der Waals surface area contributed by atoms with Gasteiger partial charge in [-0.25, -0.2) is 0 Å². The van der Waals surface area contributed by atoms with Gasteiger partial charge in [0.1, 0.15) is 11.7 Å². The van der Waals surface area contributed by atoms with Gasteiger partial charge in [0.15, 0.2) is 5.78 Å². The molecule has 0 saturated heterocycles. The molecule has 1 aromatic rings. The molecule has 1 aromatic carbocycles. The van der Waals surface area contributed by atoms with E-state index < -0.39 is 11.8 Å². The van der Waals surface area contributed by atoms with E-state index in [1.807, 2.05) is 24.3 Å². The van der Waals surface area contributed by atoms with Crippen LogP contribution in [0.1, 0.15) is 30.7 Å². The zero-order valence-corrected chi connectivity index (χ0v) is 12.8. The van der Waals surface area contributed by atoms with Crippen LogP contribution in [0.5, 0.6) is 0 Å². The van der Waals surface area contributed by atoms with E-state index in [1.165, 1.54) is 0 Å². The van der Waals surface area contributed by atoms with Crippen molar-refractivity contribution in [3.05, 3.63) is 45.6 Å². The summed E-state index contributed by atoms with van der Waals surface area (Å²) in [5, 5.41) is 17.4. The molecule has 0 spiro atoms. The van der Waals surface area contributed by atoms with E-state index in [0.29, 0.717) is 24.2 Å². The van der Waals surface area contributed by atoms with E-state index in [-0.39, 0.29) is 11.7 Å². The largest absolute Gasteiger partial charge is 0.446 e. The van der Waals surface area contributed by atoms with Crippen LogP contribution in [0.2, 0.25) is 0 Å². The molecule has 21 heavy (non-hydrogen) atoms. The maximum atomic E-state index is 12.3. The number of hydrogen-bond acceptors (Lipinski definition) is 4. The highest BCUT2D eigenvalue weighted by Crippen LogP contribution is 2.43. The first-order valence-corrected chi connectivity index (χ1v) is 7.58. The Balaban J connectivity index is 2.15. The third kappa shape index (κ3) is 2.40. The molecule has 3 rings (SSSR count). The summed E-state index contributed by atoms with van der Waals surface area (Å²) in [7, 11) is 0. The maximum Gasteiger partial charge on any atom is 0.205 e. The highest BCUT2D eigenvalue weighted by molar-refractivity contribution is 9.10. The molecule has 4 nitrogen and oxygen atoms in total. The van der Waals surface area contributed by atoms with Crippen molar-refractivity contribution in [1.29, 1.82) is 10.7 Å². The van der Waals surface area contributed by atoms with Gasteiger partial charge in [0.05, 0.1) is 6.07 Å². The van der Waals surface area contributed by atoms with E-state index in [2.05, 4.69) is 22.0 Å². The fourth-order valence-corrected chi connectivity index (χ4v) is 3.23. The Morgan fingerprint density at radius 1 is 1.29 bits per heavy atom. The third-order valence-corrected chi connectivity index (χ3v) is 4.47. The van der Waals surface area contributed by atoms with Crippen LogP contribution >= 0.6 is 15.9 Å². The van der Waals surface area contributed by atoms with Gasteiger partial charge in [-0.1, -0.05) is 28.1 Å². The number of hydrogen-bond donors (Lipinski definition) is 1. The number of carbonyl (C=O) groups excluding carboxylic acids is 1. The number of nitrogens with zero attached hydrogens (tertiary/aromatic N) is 1. The van der Waals surface area contributed by atoms with Gasteiger partial charge in [0.25, 0.3) is 0 Å². The number of nitrogens with one attached hydrogen (secondary N) is 1. The van der Waals surface area contributed by atoms with Gasteiger partial charge in [-0.15, -0.1) is 0 Å². The Kier molecular flexibility index (Phi) is 3.64. The number of halogens is 1. The molecule has 1 heterocycles. The van der Waals surface area contributed by atoms with Crippen LogP contribution in [0, 0.1) is 22.7 Å². The van der Waals surface area contributed by atoms with Gasteiger partial charge >= 0.3 is 0 Å². The van der Waals surface area contributed by atoms with Gasteiger partial charge in [-0.05, 0) is 24.1 Å². The number of rotatable bonds is 1. The number of nitriles is 1. The molecule has 0 fully saturated rings. The number of Topliss-reactive ketones (excluding diaryl/α,β-unsaturated/α-hetero) is 1. The van der Waals surface area contributed by atoms with Crippen molar-refractivity contribution in [2.45, 2.75) is 25.2 Å². The average molecular weight is 345 g/mol. The first kappa shape index (κ1) is 14.0. The number of allylic oxidation sites excluding steroid dienone is 2. The summed E-state index contributed by atoms with van der Waals surface area (Å²) in [4.78, 5) is 12.3. The number of carbonyl (C=O) groups is 1. The quantitative estimate of drug-likeness (QED) is 0.844. The Labute approximate surface area is 131 Å². The van der Waals surface area contributed by atoms with Crippen molar-refractivity contribution in [2.24, 2.45) is 5.92 Å². The molecule has 0 aromatic heterocycles. The second-order valence-corrected chi connectivity index (χ2v) is 6.13. The second kappa shape index (κ2) is 5.45. The molecule has 0 bridgehead atoms. The SMILES string of the molecule is N#CC1C(=N)OC2=C(C(=O)CCC2)C1c1ccc(Br)cc1. The zero-order valence-electron chi connectivity index (χ0n) is 11.2. The first-order chi connectivity index (χ1) is 10.1. The lowest BCUT2D eigenvalue weighted by Crippen LogP contribution is -2.34.